The van der Waals surface area contributed by atoms with Crippen LogP contribution in [0.5, 0.6) is 0 Å². The van der Waals surface area contributed by atoms with E-state index in [9.17, 15) is 9.59 Å². The van der Waals surface area contributed by atoms with E-state index in [2.05, 4.69) is 22.2 Å². The fourth-order valence-electron chi connectivity index (χ4n) is 4.32. The smallest absolute Gasteiger partial charge is 0.243 e. The van der Waals surface area contributed by atoms with Crippen molar-refractivity contribution in [3.63, 3.8) is 0 Å². The number of piperidine rings is 1. The molecule has 2 saturated heterocycles. The lowest BCUT2D eigenvalue weighted by molar-refractivity contribution is -0.148. The standard InChI is InChI=1S/C18H29N5O2/c1-4-9-22-10-5-7-18(17(22)25)8-6-11-23(18)13-16(24)19-15-12-21(3)20-14(15)2/h12H,4-11,13H2,1-3H3,(H,19,24). The minimum absolute atomic E-state index is 0.0715. The number of nitrogens with one attached hydrogen (secondary N) is 1. The van der Waals surface area contributed by atoms with Gasteiger partial charge in [-0.1, -0.05) is 6.92 Å². The van der Waals surface area contributed by atoms with Gasteiger partial charge in [0.25, 0.3) is 0 Å². The zero-order valence-electron chi connectivity index (χ0n) is 15.5. The first-order valence-electron chi connectivity index (χ1n) is 9.31. The molecule has 0 radical (unpaired) electrons. The molecular weight excluding hydrogens is 318 g/mol. The van der Waals surface area contributed by atoms with Crippen LogP contribution in [0.1, 0.15) is 44.7 Å². The molecule has 0 saturated carbocycles. The van der Waals surface area contributed by atoms with Crippen LogP contribution in [-0.2, 0) is 16.6 Å². The van der Waals surface area contributed by atoms with Crippen molar-refractivity contribution in [1.82, 2.24) is 19.6 Å². The highest BCUT2D eigenvalue weighted by Crippen LogP contribution is 2.38. The molecule has 2 amide bonds. The number of aryl methyl sites for hydroxylation is 2. The number of rotatable bonds is 5. The van der Waals surface area contributed by atoms with Gasteiger partial charge in [-0.2, -0.15) is 5.10 Å². The molecule has 25 heavy (non-hydrogen) atoms. The maximum atomic E-state index is 13.1. The molecule has 7 heteroatoms. The molecule has 3 heterocycles. The van der Waals surface area contributed by atoms with E-state index in [4.69, 9.17) is 0 Å². The van der Waals surface area contributed by atoms with Crippen molar-refractivity contribution in [2.24, 2.45) is 7.05 Å². The second-order valence-electron chi connectivity index (χ2n) is 7.30. The SMILES string of the molecule is CCCN1CCCC2(CCCN2CC(=O)Nc2cn(C)nc2C)C1=O. The molecule has 0 aromatic carbocycles. The summed E-state index contributed by atoms with van der Waals surface area (Å²) >= 11 is 0. The number of amides is 2. The van der Waals surface area contributed by atoms with Crippen molar-refractivity contribution < 1.29 is 9.59 Å². The Bertz CT molecular complexity index is 654. The monoisotopic (exact) mass is 347 g/mol. The van der Waals surface area contributed by atoms with Crippen LogP contribution in [0.15, 0.2) is 6.20 Å². The molecule has 138 valence electrons. The third kappa shape index (κ3) is 3.42. The van der Waals surface area contributed by atoms with Crippen molar-refractivity contribution in [2.75, 3.05) is 31.5 Å². The average molecular weight is 347 g/mol. The Morgan fingerprint density at radius 1 is 1.32 bits per heavy atom. The van der Waals surface area contributed by atoms with Gasteiger partial charge in [0.2, 0.25) is 11.8 Å². The van der Waals surface area contributed by atoms with Gasteiger partial charge in [-0.05, 0) is 45.6 Å². The highest BCUT2D eigenvalue weighted by molar-refractivity contribution is 5.94. The molecule has 1 atom stereocenters. The molecule has 1 spiro atoms. The van der Waals surface area contributed by atoms with E-state index in [1.807, 2.05) is 25.1 Å². The molecule has 0 aliphatic carbocycles. The lowest BCUT2D eigenvalue weighted by Gasteiger charge is -2.44. The van der Waals surface area contributed by atoms with E-state index in [1.165, 1.54) is 0 Å². The molecule has 1 unspecified atom stereocenters. The van der Waals surface area contributed by atoms with Gasteiger partial charge in [-0.15, -0.1) is 0 Å². The van der Waals surface area contributed by atoms with Crippen LogP contribution in [0, 0.1) is 6.92 Å². The summed E-state index contributed by atoms with van der Waals surface area (Å²) in [6.45, 7) is 6.72. The molecule has 1 N–H and O–H groups in total. The molecule has 3 rings (SSSR count). The first-order chi connectivity index (χ1) is 12.0. The summed E-state index contributed by atoms with van der Waals surface area (Å²) in [4.78, 5) is 29.7. The number of carbonyl (C=O) groups excluding carboxylic acids is 2. The lowest BCUT2D eigenvalue weighted by Crippen LogP contribution is -2.61. The maximum absolute atomic E-state index is 13.1. The van der Waals surface area contributed by atoms with Crippen molar-refractivity contribution in [3.8, 4) is 0 Å². The number of nitrogens with zero attached hydrogens (tertiary/aromatic N) is 4. The molecule has 2 fully saturated rings. The predicted molar refractivity (Wildman–Crippen MR) is 96.2 cm³/mol. The van der Waals surface area contributed by atoms with Crippen molar-refractivity contribution in [2.45, 2.75) is 51.5 Å². The van der Waals surface area contributed by atoms with Gasteiger partial charge in [-0.25, -0.2) is 0 Å². The van der Waals surface area contributed by atoms with Crippen molar-refractivity contribution in [1.29, 1.82) is 0 Å². The molecule has 2 aliphatic heterocycles. The number of likely N-dealkylation sites (tertiary alicyclic amines) is 2. The summed E-state index contributed by atoms with van der Waals surface area (Å²) in [6, 6.07) is 0. The third-order valence-corrected chi connectivity index (χ3v) is 5.44. The Hall–Kier alpha value is -1.89. The minimum Gasteiger partial charge on any atom is -0.341 e. The predicted octanol–water partition coefficient (Wildman–Crippen LogP) is 1.53. The fraction of sp³-hybridized carbons (Fsp3) is 0.722. The van der Waals surface area contributed by atoms with E-state index >= 15 is 0 Å². The van der Waals surface area contributed by atoms with Gasteiger partial charge < -0.3 is 10.2 Å². The van der Waals surface area contributed by atoms with E-state index in [1.54, 1.807) is 4.68 Å². The Balaban J connectivity index is 1.69. The molecule has 1 aromatic rings. The second-order valence-corrected chi connectivity index (χ2v) is 7.30. The van der Waals surface area contributed by atoms with Crippen LogP contribution in [0.4, 0.5) is 5.69 Å². The van der Waals surface area contributed by atoms with Crippen LogP contribution in [-0.4, -0.2) is 63.1 Å². The summed E-state index contributed by atoms with van der Waals surface area (Å²) in [7, 11) is 1.83. The Morgan fingerprint density at radius 2 is 2.04 bits per heavy atom. The Labute approximate surface area is 149 Å². The van der Waals surface area contributed by atoms with E-state index in [0.29, 0.717) is 0 Å². The number of hydrogen-bond acceptors (Lipinski definition) is 4. The van der Waals surface area contributed by atoms with Gasteiger partial charge in [0.1, 0.15) is 5.54 Å². The average Bonchev–Trinajstić information content (AvgIpc) is 3.08. The summed E-state index contributed by atoms with van der Waals surface area (Å²) in [6.07, 6.45) is 6.51. The summed E-state index contributed by atoms with van der Waals surface area (Å²) in [5.41, 5.74) is 1.08. The number of aromatic nitrogens is 2. The van der Waals surface area contributed by atoms with Gasteiger partial charge in [-0.3, -0.25) is 19.2 Å². The van der Waals surface area contributed by atoms with Gasteiger partial charge >= 0.3 is 0 Å². The lowest BCUT2D eigenvalue weighted by atomic mass is 9.85. The molecule has 0 bridgehead atoms. The van der Waals surface area contributed by atoms with Crippen molar-refractivity contribution in [3.05, 3.63) is 11.9 Å². The number of carbonyl (C=O) groups is 2. The fourth-order valence-corrected chi connectivity index (χ4v) is 4.32. The van der Waals surface area contributed by atoms with Crippen LogP contribution in [0.2, 0.25) is 0 Å². The summed E-state index contributed by atoms with van der Waals surface area (Å²) in [5, 5.41) is 7.19. The van der Waals surface area contributed by atoms with E-state index in [0.717, 1.165) is 63.1 Å². The second kappa shape index (κ2) is 7.15. The first-order valence-corrected chi connectivity index (χ1v) is 9.31. The van der Waals surface area contributed by atoms with Gasteiger partial charge in [0, 0.05) is 26.3 Å². The van der Waals surface area contributed by atoms with Gasteiger partial charge in [0.05, 0.1) is 17.9 Å². The van der Waals surface area contributed by atoms with Crippen LogP contribution in [0.25, 0.3) is 0 Å². The first kappa shape index (κ1) is 17.9. The molecule has 1 aromatic heterocycles. The highest BCUT2D eigenvalue weighted by atomic mass is 16.2. The van der Waals surface area contributed by atoms with Crippen LogP contribution in [0.3, 0.4) is 0 Å². The highest BCUT2D eigenvalue weighted by Gasteiger charge is 2.50. The van der Waals surface area contributed by atoms with Gasteiger partial charge in [0.15, 0.2) is 0 Å². The minimum atomic E-state index is -0.464. The quantitative estimate of drug-likeness (QED) is 0.877. The van der Waals surface area contributed by atoms with Crippen LogP contribution >= 0.6 is 0 Å². The van der Waals surface area contributed by atoms with Crippen molar-refractivity contribution >= 4 is 17.5 Å². The zero-order valence-corrected chi connectivity index (χ0v) is 15.5. The Kier molecular flexibility index (Phi) is 5.13. The largest absolute Gasteiger partial charge is 0.341 e. The summed E-state index contributed by atoms with van der Waals surface area (Å²) < 4.78 is 1.69. The van der Waals surface area contributed by atoms with Crippen LogP contribution < -0.4 is 5.32 Å². The Morgan fingerprint density at radius 3 is 2.68 bits per heavy atom. The molecule has 2 aliphatic rings. The van der Waals surface area contributed by atoms with E-state index < -0.39 is 5.54 Å². The molecular formula is C18H29N5O2. The normalized spacial score (nSPS) is 24.3. The number of hydrogen-bond donors (Lipinski definition) is 1. The maximum Gasteiger partial charge on any atom is 0.243 e. The van der Waals surface area contributed by atoms with E-state index in [-0.39, 0.29) is 18.4 Å². The number of anilines is 1. The zero-order chi connectivity index (χ0) is 18.0. The third-order valence-electron chi connectivity index (χ3n) is 5.44. The topological polar surface area (TPSA) is 70.5 Å². The molecule has 7 nitrogen and oxygen atoms in total. The summed E-state index contributed by atoms with van der Waals surface area (Å²) in [5.74, 6) is 0.154.